The van der Waals surface area contributed by atoms with E-state index >= 15 is 0 Å². The van der Waals surface area contributed by atoms with Crippen LogP contribution in [0.15, 0.2) is 72.9 Å². The van der Waals surface area contributed by atoms with E-state index in [1.54, 1.807) is 6.08 Å². The third-order valence-electron chi connectivity index (χ3n) is 16.5. The lowest BCUT2D eigenvalue weighted by Crippen LogP contribution is -2.60. The number of rotatable bonds is 62. The van der Waals surface area contributed by atoms with E-state index in [0.29, 0.717) is 19.4 Å². The van der Waals surface area contributed by atoms with Gasteiger partial charge in [0, 0.05) is 12.8 Å². The van der Waals surface area contributed by atoms with Crippen molar-refractivity contribution in [3.05, 3.63) is 72.9 Å². The van der Waals surface area contributed by atoms with Crippen LogP contribution in [0.5, 0.6) is 0 Å². The number of carbonyl (C=O) groups excluding carboxylic acids is 2. The molecule has 1 amide bonds. The van der Waals surface area contributed by atoms with Gasteiger partial charge in [0.15, 0.2) is 6.29 Å². The lowest BCUT2D eigenvalue weighted by molar-refractivity contribution is -0.302. The molecule has 11 nitrogen and oxygen atoms in total. The third kappa shape index (κ3) is 51.7. The summed E-state index contributed by atoms with van der Waals surface area (Å²) >= 11 is 0. The Morgan fingerprint density at radius 2 is 0.812 bits per heavy atom. The van der Waals surface area contributed by atoms with E-state index in [2.05, 4.69) is 79.9 Å². The van der Waals surface area contributed by atoms with Crippen LogP contribution in [0.25, 0.3) is 0 Å². The van der Waals surface area contributed by atoms with Gasteiger partial charge in [-0.05, 0) is 109 Å². The molecule has 494 valence electrons. The predicted molar refractivity (Wildman–Crippen MR) is 356 cm³/mol. The highest BCUT2D eigenvalue weighted by Gasteiger charge is 2.44. The molecule has 85 heavy (non-hydrogen) atoms. The number of hydrogen-bond donors (Lipinski definition) is 6. The molecule has 7 unspecified atom stereocenters. The second kappa shape index (κ2) is 62.7. The van der Waals surface area contributed by atoms with Crippen LogP contribution in [0.4, 0.5) is 0 Å². The van der Waals surface area contributed by atoms with Gasteiger partial charge in [-0.25, -0.2) is 0 Å². The van der Waals surface area contributed by atoms with Crippen molar-refractivity contribution in [3.63, 3.8) is 0 Å². The van der Waals surface area contributed by atoms with Crippen LogP contribution >= 0.6 is 0 Å². The van der Waals surface area contributed by atoms with Crippen LogP contribution in [0.1, 0.15) is 322 Å². The Labute approximate surface area is 521 Å². The molecular formula is C74H133NO10. The first-order valence-corrected chi connectivity index (χ1v) is 35.7. The van der Waals surface area contributed by atoms with Gasteiger partial charge in [0.1, 0.15) is 24.4 Å². The smallest absolute Gasteiger partial charge is 0.305 e. The van der Waals surface area contributed by atoms with Crippen molar-refractivity contribution in [2.45, 2.75) is 365 Å². The summed E-state index contributed by atoms with van der Waals surface area (Å²) in [6, 6.07) is -0.836. The van der Waals surface area contributed by atoms with E-state index in [9.17, 15) is 35.1 Å². The molecule has 1 aliphatic heterocycles. The molecule has 7 atom stereocenters. The van der Waals surface area contributed by atoms with Gasteiger partial charge in [-0.3, -0.25) is 9.59 Å². The van der Waals surface area contributed by atoms with Crippen molar-refractivity contribution in [1.29, 1.82) is 0 Å². The van der Waals surface area contributed by atoms with Crippen LogP contribution in [0.2, 0.25) is 0 Å². The molecule has 0 aliphatic carbocycles. The van der Waals surface area contributed by atoms with Gasteiger partial charge in [0.2, 0.25) is 5.91 Å². The maximum Gasteiger partial charge on any atom is 0.305 e. The number of amides is 1. The van der Waals surface area contributed by atoms with E-state index in [1.165, 1.54) is 218 Å². The zero-order chi connectivity index (χ0) is 61.6. The van der Waals surface area contributed by atoms with Gasteiger partial charge in [-0.15, -0.1) is 0 Å². The minimum Gasteiger partial charge on any atom is -0.466 e. The third-order valence-corrected chi connectivity index (χ3v) is 16.5. The second-order valence-electron chi connectivity index (χ2n) is 24.6. The number of hydrogen-bond acceptors (Lipinski definition) is 10. The standard InChI is InChI=1S/C74H133NO10/c1-3-5-7-9-11-13-15-16-34-37-41-44-48-52-56-60-67(77)66(65-84-74-73(82)72(81)71(80)68(64-76)85-74)75-69(78)61-57-53-49-45-42-38-35-32-30-28-26-24-22-20-18-17-19-21-23-25-27-29-31-33-36-39-43-47-51-55-59-63-83-70(79)62-58-54-50-46-40-14-12-10-8-6-4-2/h10,12,15-16,19,21,25,27,41,44,56,60,66-68,71-74,76-77,80-82H,3-9,11,13-14,17-18,20,22-24,26,28-40,42-43,45-55,57-59,61-65H2,1-2H3,(H,75,78)/b12-10-,16-15+,21-19-,27-25-,44-41+,60-56+. The van der Waals surface area contributed by atoms with Crippen LogP contribution < -0.4 is 5.32 Å². The highest BCUT2D eigenvalue weighted by atomic mass is 16.7. The Morgan fingerprint density at radius 3 is 1.27 bits per heavy atom. The molecule has 0 saturated carbocycles. The first-order valence-electron chi connectivity index (χ1n) is 35.7. The lowest BCUT2D eigenvalue weighted by Gasteiger charge is -2.40. The van der Waals surface area contributed by atoms with Crippen molar-refractivity contribution < 1.29 is 49.3 Å². The van der Waals surface area contributed by atoms with Gasteiger partial charge in [-0.1, -0.05) is 273 Å². The summed E-state index contributed by atoms with van der Waals surface area (Å²) in [6.45, 7) is 4.29. The van der Waals surface area contributed by atoms with Crippen molar-refractivity contribution in [3.8, 4) is 0 Å². The molecule has 6 N–H and O–H groups in total. The molecule has 0 radical (unpaired) electrons. The number of ether oxygens (including phenoxy) is 3. The highest BCUT2D eigenvalue weighted by Crippen LogP contribution is 2.23. The number of aliphatic hydroxyl groups excluding tert-OH is 5. The van der Waals surface area contributed by atoms with Gasteiger partial charge in [0.05, 0.1) is 32.0 Å². The first-order chi connectivity index (χ1) is 41.7. The van der Waals surface area contributed by atoms with E-state index in [-0.39, 0.29) is 18.5 Å². The van der Waals surface area contributed by atoms with Crippen LogP contribution in [-0.4, -0.2) is 100 Å². The van der Waals surface area contributed by atoms with E-state index < -0.39 is 49.5 Å². The fourth-order valence-electron chi connectivity index (χ4n) is 10.8. The van der Waals surface area contributed by atoms with Crippen molar-refractivity contribution in [2.75, 3.05) is 19.8 Å². The van der Waals surface area contributed by atoms with Crippen LogP contribution in [0.3, 0.4) is 0 Å². The van der Waals surface area contributed by atoms with Gasteiger partial charge >= 0.3 is 5.97 Å². The molecule has 1 saturated heterocycles. The number of carbonyl (C=O) groups is 2. The van der Waals surface area contributed by atoms with Crippen molar-refractivity contribution >= 4 is 11.9 Å². The maximum atomic E-state index is 13.1. The molecule has 0 bridgehead atoms. The molecule has 0 aromatic heterocycles. The summed E-state index contributed by atoms with van der Waals surface area (Å²) < 4.78 is 16.7. The van der Waals surface area contributed by atoms with Gasteiger partial charge < -0.3 is 45.1 Å². The van der Waals surface area contributed by atoms with E-state index in [0.717, 1.165) is 77.0 Å². The van der Waals surface area contributed by atoms with Gasteiger partial charge in [0.25, 0.3) is 0 Å². The van der Waals surface area contributed by atoms with Crippen molar-refractivity contribution in [2.24, 2.45) is 0 Å². The Bertz CT molecular complexity index is 1640. The molecule has 11 heteroatoms. The number of aliphatic hydroxyl groups is 5. The molecule has 0 spiro atoms. The number of allylic oxidation sites excluding steroid dienone is 11. The quantitative estimate of drug-likeness (QED) is 0.0195. The SMILES string of the molecule is CCCC/C=C\CCCCCCCC(=O)OCCCCCCCCCCC/C=C\C/C=C\CCCCCCCCCCCCCCCCCC(=O)NC(COC1OC(CO)C(O)C(O)C1O)C(O)/C=C/CC/C=C/CC/C=C/CCCCCCC. The monoisotopic (exact) mass is 1200 g/mol. The molecular weight excluding hydrogens is 1060 g/mol. The van der Waals surface area contributed by atoms with Crippen molar-refractivity contribution in [1.82, 2.24) is 5.32 Å². The Kier molecular flexibility index (Phi) is 59.1. The number of unbranched alkanes of at least 4 members (excludes halogenated alkanes) is 38. The summed E-state index contributed by atoms with van der Waals surface area (Å²) in [7, 11) is 0. The topological polar surface area (TPSA) is 175 Å². The summed E-state index contributed by atoms with van der Waals surface area (Å²) in [6.07, 6.45) is 74.6. The largest absolute Gasteiger partial charge is 0.466 e. The van der Waals surface area contributed by atoms with E-state index in [1.807, 2.05) is 6.08 Å². The number of esters is 1. The molecule has 1 heterocycles. The lowest BCUT2D eigenvalue weighted by atomic mass is 9.99. The van der Waals surface area contributed by atoms with Gasteiger partial charge in [-0.2, -0.15) is 0 Å². The summed E-state index contributed by atoms with van der Waals surface area (Å²) in [5.41, 5.74) is 0. The van der Waals surface area contributed by atoms with E-state index in [4.69, 9.17) is 14.2 Å². The summed E-state index contributed by atoms with van der Waals surface area (Å²) in [4.78, 5) is 25.1. The normalized spacial score (nSPS) is 18.4. The summed E-state index contributed by atoms with van der Waals surface area (Å²) in [5.74, 6) is -0.202. The Hall–Kier alpha value is -2.90. The minimum atomic E-state index is -1.58. The first kappa shape index (κ1) is 80.1. The Morgan fingerprint density at radius 1 is 0.435 bits per heavy atom. The maximum absolute atomic E-state index is 13.1. The zero-order valence-corrected chi connectivity index (χ0v) is 54.8. The zero-order valence-electron chi connectivity index (χ0n) is 54.8. The molecule has 1 rings (SSSR count). The summed E-state index contributed by atoms with van der Waals surface area (Å²) in [5, 5.41) is 54.5. The predicted octanol–water partition coefficient (Wildman–Crippen LogP) is 18.3. The highest BCUT2D eigenvalue weighted by molar-refractivity contribution is 5.76. The van der Waals surface area contributed by atoms with Crippen LogP contribution in [-0.2, 0) is 23.8 Å². The molecule has 0 aromatic carbocycles. The number of nitrogens with one attached hydrogen (secondary N) is 1. The molecule has 0 aromatic rings. The Balaban J connectivity index is 2.02. The molecule has 1 fully saturated rings. The average Bonchev–Trinajstić information content (AvgIpc) is 3.43. The average molecular weight is 1200 g/mol. The van der Waals surface area contributed by atoms with Crippen LogP contribution in [0, 0.1) is 0 Å². The fourth-order valence-corrected chi connectivity index (χ4v) is 10.8. The fraction of sp³-hybridized carbons (Fsp3) is 0.811. The second-order valence-corrected chi connectivity index (χ2v) is 24.6. The molecule has 1 aliphatic rings. The minimum absolute atomic E-state index is 0.00677.